The molecule has 0 radical (unpaired) electrons. The SMILES string of the molecule is CC(OC(=O)c1ccsc1)C(=O)NCc1ccccc1Cl. The number of amides is 1. The number of hydrogen-bond donors (Lipinski definition) is 1. The third kappa shape index (κ3) is 4.31. The highest BCUT2D eigenvalue weighted by Gasteiger charge is 2.19. The Morgan fingerprint density at radius 1 is 1.33 bits per heavy atom. The Morgan fingerprint density at radius 2 is 2.10 bits per heavy atom. The molecule has 21 heavy (non-hydrogen) atoms. The molecule has 2 rings (SSSR count). The first-order valence-corrected chi connectivity index (χ1v) is 7.64. The van der Waals surface area contributed by atoms with E-state index in [1.807, 2.05) is 18.2 Å². The maximum absolute atomic E-state index is 11.9. The largest absolute Gasteiger partial charge is 0.449 e. The van der Waals surface area contributed by atoms with Gasteiger partial charge in [-0.15, -0.1) is 0 Å². The lowest BCUT2D eigenvalue weighted by Gasteiger charge is -2.13. The third-order valence-electron chi connectivity index (χ3n) is 2.82. The van der Waals surface area contributed by atoms with Gasteiger partial charge in [0.1, 0.15) is 0 Å². The summed E-state index contributed by atoms with van der Waals surface area (Å²) in [4.78, 5) is 23.6. The van der Waals surface area contributed by atoms with Crippen LogP contribution in [0.4, 0.5) is 0 Å². The number of ether oxygens (including phenoxy) is 1. The van der Waals surface area contributed by atoms with E-state index in [0.717, 1.165) is 5.56 Å². The fraction of sp³-hybridized carbons (Fsp3) is 0.200. The molecule has 0 aliphatic carbocycles. The van der Waals surface area contributed by atoms with Gasteiger partial charge in [-0.2, -0.15) is 11.3 Å². The monoisotopic (exact) mass is 323 g/mol. The van der Waals surface area contributed by atoms with Gasteiger partial charge in [0.25, 0.3) is 5.91 Å². The van der Waals surface area contributed by atoms with Gasteiger partial charge in [0, 0.05) is 16.9 Å². The van der Waals surface area contributed by atoms with Crippen molar-refractivity contribution in [2.75, 3.05) is 0 Å². The number of rotatable bonds is 5. The van der Waals surface area contributed by atoms with Crippen LogP contribution < -0.4 is 5.32 Å². The lowest BCUT2D eigenvalue weighted by Crippen LogP contribution is -2.35. The first-order chi connectivity index (χ1) is 10.1. The Morgan fingerprint density at radius 3 is 2.76 bits per heavy atom. The standard InChI is InChI=1S/C15H14ClNO3S/c1-10(20-15(19)12-6-7-21-9-12)14(18)17-8-11-4-2-3-5-13(11)16/h2-7,9-10H,8H2,1H3,(H,17,18). The Kier molecular flexibility index (Phi) is 5.36. The molecular weight excluding hydrogens is 310 g/mol. The van der Waals surface area contributed by atoms with Crippen LogP contribution in [-0.4, -0.2) is 18.0 Å². The van der Waals surface area contributed by atoms with Gasteiger partial charge in [-0.1, -0.05) is 29.8 Å². The van der Waals surface area contributed by atoms with Crippen molar-refractivity contribution in [3.63, 3.8) is 0 Å². The zero-order chi connectivity index (χ0) is 15.2. The van der Waals surface area contributed by atoms with Gasteiger partial charge in [-0.3, -0.25) is 4.79 Å². The summed E-state index contributed by atoms with van der Waals surface area (Å²) < 4.78 is 5.10. The number of nitrogens with one attached hydrogen (secondary N) is 1. The van der Waals surface area contributed by atoms with Crippen LogP contribution in [0.5, 0.6) is 0 Å². The topological polar surface area (TPSA) is 55.4 Å². The van der Waals surface area contributed by atoms with E-state index in [2.05, 4.69) is 5.32 Å². The van der Waals surface area contributed by atoms with Gasteiger partial charge in [-0.05, 0) is 30.0 Å². The van der Waals surface area contributed by atoms with E-state index in [9.17, 15) is 9.59 Å². The molecule has 0 bridgehead atoms. The highest BCUT2D eigenvalue weighted by atomic mass is 35.5. The van der Waals surface area contributed by atoms with Crippen molar-refractivity contribution >= 4 is 34.8 Å². The first kappa shape index (κ1) is 15.5. The minimum Gasteiger partial charge on any atom is -0.449 e. The summed E-state index contributed by atoms with van der Waals surface area (Å²) in [5.74, 6) is -0.866. The molecule has 1 N–H and O–H groups in total. The maximum atomic E-state index is 11.9. The summed E-state index contributed by atoms with van der Waals surface area (Å²) in [7, 11) is 0. The number of carbonyl (C=O) groups excluding carboxylic acids is 2. The molecule has 0 fully saturated rings. The number of esters is 1. The van der Waals surface area contributed by atoms with Crippen molar-refractivity contribution < 1.29 is 14.3 Å². The fourth-order valence-corrected chi connectivity index (χ4v) is 2.46. The molecule has 1 aromatic heterocycles. The van der Waals surface area contributed by atoms with Crippen LogP contribution in [0.15, 0.2) is 41.1 Å². The lowest BCUT2D eigenvalue weighted by molar-refractivity contribution is -0.129. The zero-order valence-electron chi connectivity index (χ0n) is 11.3. The highest BCUT2D eigenvalue weighted by Crippen LogP contribution is 2.14. The minimum absolute atomic E-state index is 0.291. The predicted molar refractivity (Wildman–Crippen MR) is 82.5 cm³/mol. The van der Waals surface area contributed by atoms with E-state index in [-0.39, 0.29) is 5.91 Å². The molecule has 1 amide bonds. The van der Waals surface area contributed by atoms with Gasteiger partial charge in [0.05, 0.1) is 5.56 Å². The minimum atomic E-state index is -0.861. The van der Waals surface area contributed by atoms with Gasteiger partial charge in [0.15, 0.2) is 6.10 Å². The number of hydrogen-bond acceptors (Lipinski definition) is 4. The van der Waals surface area contributed by atoms with Crippen molar-refractivity contribution in [3.05, 3.63) is 57.2 Å². The Bertz CT molecular complexity index is 628. The molecule has 4 nitrogen and oxygen atoms in total. The fourth-order valence-electron chi connectivity index (χ4n) is 1.63. The van der Waals surface area contributed by atoms with Gasteiger partial charge in [-0.25, -0.2) is 4.79 Å². The van der Waals surface area contributed by atoms with Crippen LogP contribution in [0.2, 0.25) is 5.02 Å². The quantitative estimate of drug-likeness (QED) is 0.859. The molecule has 2 aromatic rings. The molecular formula is C15H14ClNO3S. The highest BCUT2D eigenvalue weighted by molar-refractivity contribution is 7.08. The van der Waals surface area contributed by atoms with Crippen LogP contribution in [0.25, 0.3) is 0 Å². The van der Waals surface area contributed by atoms with Gasteiger partial charge < -0.3 is 10.1 Å². The number of halogens is 1. The summed E-state index contributed by atoms with van der Waals surface area (Å²) in [6.45, 7) is 1.82. The van der Waals surface area contributed by atoms with Crippen molar-refractivity contribution in [2.45, 2.75) is 19.6 Å². The molecule has 0 saturated carbocycles. The lowest BCUT2D eigenvalue weighted by atomic mass is 10.2. The number of thiophene rings is 1. The zero-order valence-corrected chi connectivity index (χ0v) is 12.9. The molecule has 1 heterocycles. The summed E-state index contributed by atoms with van der Waals surface area (Å²) in [6, 6.07) is 8.89. The molecule has 0 saturated heterocycles. The summed E-state index contributed by atoms with van der Waals surface area (Å²) in [5, 5.41) is 6.73. The molecule has 110 valence electrons. The van der Waals surface area contributed by atoms with Crippen LogP contribution in [0.1, 0.15) is 22.8 Å². The molecule has 6 heteroatoms. The van der Waals surface area contributed by atoms with Crippen LogP contribution >= 0.6 is 22.9 Å². The van der Waals surface area contributed by atoms with Crippen molar-refractivity contribution in [1.82, 2.24) is 5.32 Å². The van der Waals surface area contributed by atoms with Crippen molar-refractivity contribution in [1.29, 1.82) is 0 Å². The van der Waals surface area contributed by atoms with Crippen LogP contribution in [0, 0.1) is 0 Å². The first-order valence-electron chi connectivity index (χ1n) is 6.32. The average Bonchev–Trinajstić information content (AvgIpc) is 3.00. The predicted octanol–water partition coefficient (Wildman–Crippen LogP) is 3.26. The third-order valence-corrected chi connectivity index (χ3v) is 3.87. The number of carbonyl (C=O) groups is 2. The van der Waals surface area contributed by atoms with Crippen LogP contribution in [-0.2, 0) is 16.1 Å². The Hall–Kier alpha value is -1.85. The van der Waals surface area contributed by atoms with Gasteiger partial charge in [0.2, 0.25) is 0 Å². The molecule has 1 aromatic carbocycles. The van der Waals surface area contributed by atoms with Crippen molar-refractivity contribution in [2.24, 2.45) is 0 Å². The second-order valence-corrected chi connectivity index (χ2v) is 5.56. The molecule has 1 unspecified atom stereocenters. The van der Waals surface area contributed by atoms with E-state index >= 15 is 0 Å². The summed E-state index contributed by atoms with van der Waals surface area (Å²) in [6.07, 6.45) is -0.861. The van der Waals surface area contributed by atoms with E-state index in [1.54, 1.807) is 22.9 Å². The second-order valence-electron chi connectivity index (χ2n) is 4.37. The van der Waals surface area contributed by atoms with E-state index in [1.165, 1.54) is 18.3 Å². The van der Waals surface area contributed by atoms with Crippen LogP contribution in [0.3, 0.4) is 0 Å². The van der Waals surface area contributed by atoms with E-state index in [4.69, 9.17) is 16.3 Å². The summed E-state index contributed by atoms with van der Waals surface area (Å²) >= 11 is 7.40. The molecule has 1 atom stereocenters. The summed E-state index contributed by atoms with van der Waals surface area (Å²) in [5.41, 5.74) is 1.26. The molecule has 0 spiro atoms. The normalized spacial score (nSPS) is 11.7. The maximum Gasteiger partial charge on any atom is 0.339 e. The molecule has 0 aliphatic heterocycles. The smallest absolute Gasteiger partial charge is 0.339 e. The van der Waals surface area contributed by atoms with E-state index in [0.29, 0.717) is 17.1 Å². The second kappa shape index (κ2) is 7.24. The molecule has 0 aliphatic rings. The number of benzene rings is 1. The van der Waals surface area contributed by atoms with Gasteiger partial charge >= 0.3 is 5.97 Å². The average molecular weight is 324 g/mol. The Labute approximate surface area is 131 Å². The Balaban J connectivity index is 1.86. The van der Waals surface area contributed by atoms with Crippen molar-refractivity contribution in [3.8, 4) is 0 Å². The van der Waals surface area contributed by atoms with E-state index < -0.39 is 12.1 Å².